The van der Waals surface area contributed by atoms with Crippen LogP contribution in [0.1, 0.15) is 6.92 Å². The summed E-state index contributed by atoms with van der Waals surface area (Å²) in [5, 5.41) is 5.07. The van der Waals surface area contributed by atoms with Gasteiger partial charge in [-0.15, -0.1) is 0 Å². The first-order valence-corrected chi connectivity index (χ1v) is 10.8. The van der Waals surface area contributed by atoms with Crippen LogP contribution in [-0.2, 0) is 0 Å². The van der Waals surface area contributed by atoms with Crippen molar-refractivity contribution in [2.24, 2.45) is 0 Å². The molecule has 0 bridgehead atoms. The lowest BCUT2D eigenvalue weighted by Crippen LogP contribution is -1.98. The Hall–Kier alpha value is -3.83. The van der Waals surface area contributed by atoms with Crippen LogP contribution in [0, 0.1) is 0 Å². The second-order valence-electron chi connectivity index (χ2n) is 7.26. The third-order valence-corrected chi connectivity index (χ3v) is 5.42. The summed E-state index contributed by atoms with van der Waals surface area (Å²) < 4.78 is 7.60. The number of aromatic nitrogens is 3. The number of rotatable bonds is 6. The van der Waals surface area contributed by atoms with Crippen molar-refractivity contribution in [3.8, 4) is 22.6 Å². The summed E-state index contributed by atoms with van der Waals surface area (Å²) in [6.45, 7) is 2.61. The molecular formula is C26H21ClN4O. The van der Waals surface area contributed by atoms with Crippen LogP contribution < -0.4 is 10.1 Å². The Morgan fingerprint density at radius 3 is 2.50 bits per heavy atom. The zero-order chi connectivity index (χ0) is 21.9. The fourth-order valence-corrected chi connectivity index (χ4v) is 3.94. The van der Waals surface area contributed by atoms with Crippen molar-refractivity contribution in [2.45, 2.75) is 6.92 Å². The molecule has 0 amide bonds. The lowest BCUT2D eigenvalue weighted by Gasteiger charge is -2.10. The molecular weight excluding hydrogens is 420 g/mol. The summed E-state index contributed by atoms with van der Waals surface area (Å²) in [4.78, 5) is 9.20. The van der Waals surface area contributed by atoms with Gasteiger partial charge in [-0.2, -0.15) is 0 Å². The standard InChI is InChI=1S/C26H21ClN4O/c1-2-32-22-13-11-20(12-14-22)30-25-24-23(18-7-4-3-5-8-18)16-31(26(24)29-17-28-25)21-10-6-9-19(27)15-21/h3-17H,2H2,1H3,(H,28,29,30). The molecule has 2 aromatic heterocycles. The highest BCUT2D eigenvalue weighted by molar-refractivity contribution is 6.30. The van der Waals surface area contributed by atoms with Crippen LogP contribution in [0.5, 0.6) is 5.75 Å². The molecule has 5 aromatic rings. The van der Waals surface area contributed by atoms with Crippen molar-refractivity contribution < 1.29 is 4.74 Å². The topological polar surface area (TPSA) is 52.0 Å². The Labute approximate surface area is 191 Å². The van der Waals surface area contributed by atoms with E-state index in [-0.39, 0.29) is 0 Å². The average molecular weight is 441 g/mol. The van der Waals surface area contributed by atoms with E-state index < -0.39 is 0 Å². The third-order valence-electron chi connectivity index (χ3n) is 5.18. The van der Waals surface area contributed by atoms with Crippen molar-refractivity contribution >= 4 is 34.1 Å². The Morgan fingerprint density at radius 1 is 0.938 bits per heavy atom. The van der Waals surface area contributed by atoms with E-state index >= 15 is 0 Å². The van der Waals surface area contributed by atoms with E-state index in [2.05, 4.69) is 38.2 Å². The lowest BCUT2D eigenvalue weighted by atomic mass is 10.1. The number of nitrogens with one attached hydrogen (secondary N) is 1. The molecule has 32 heavy (non-hydrogen) atoms. The van der Waals surface area contributed by atoms with Crippen LogP contribution in [0.3, 0.4) is 0 Å². The van der Waals surface area contributed by atoms with Gasteiger partial charge < -0.3 is 14.6 Å². The number of hydrogen-bond acceptors (Lipinski definition) is 4. The molecule has 2 heterocycles. The number of anilines is 2. The molecule has 0 aliphatic heterocycles. The van der Waals surface area contributed by atoms with Gasteiger partial charge in [-0.25, -0.2) is 9.97 Å². The van der Waals surface area contributed by atoms with Gasteiger partial charge in [-0.05, 0) is 55.0 Å². The fourth-order valence-electron chi connectivity index (χ4n) is 3.75. The van der Waals surface area contributed by atoms with Gasteiger partial charge in [-0.1, -0.05) is 48.0 Å². The quantitative estimate of drug-likeness (QED) is 0.312. The molecule has 0 saturated carbocycles. The molecule has 0 fully saturated rings. The molecule has 0 saturated heterocycles. The first-order valence-electron chi connectivity index (χ1n) is 10.4. The smallest absolute Gasteiger partial charge is 0.150 e. The highest BCUT2D eigenvalue weighted by Gasteiger charge is 2.17. The van der Waals surface area contributed by atoms with Gasteiger partial charge in [0.1, 0.15) is 17.9 Å². The number of benzene rings is 3. The summed E-state index contributed by atoms with van der Waals surface area (Å²) in [6.07, 6.45) is 3.67. The van der Waals surface area contributed by atoms with Crippen LogP contribution in [-0.4, -0.2) is 21.1 Å². The van der Waals surface area contributed by atoms with E-state index in [0.29, 0.717) is 11.6 Å². The Balaban J connectivity index is 1.67. The Bertz CT molecular complexity index is 1360. The predicted octanol–water partition coefficient (Wildman–Crippen LogP) is 6.88. The number of nitrogens with zero attached hydrogens (tertiary/aromatic N) is 3. The molecule has 0 atom stereocenters. The van der Waals surface area contributed by atoms with Crippen molar-refractivity contribution in [3.63, 3.8) is 0 Å². The summed E-state index contributed by atoms with van der Waals surface area (Å²) in [5.74, 6) is 1.57. The summed E-state index contributed by atoms with van der Waals surface area (Å²) in [7, 11) is 0. The van der Waals surface area contributed by atoms with Gasteiger partial charge in [0.25, 0.3) is 0 Å². The van der Waals surface area contributed by atoms with Gasteiger partial charge in [0.05, 0.1) is 12.0 Å². The van der Waals surface area contributed by atoms with Crippen LogP contribution in [0.2, 0.25) is 5.02 Å². The zero-order valence-corrected chi connectivity index (χ0v) is 18.3. The van der Waals surface area contributed by atoms with Gasteiger partial charge in [0.15, 0.2) is 5.65 Å². The maximum absolute atomic E-state index is 6.27. The van der Waals surface area contributed by atoms with E-state index in [1.54, 1.807) is 6.33 Å². The Kier molecular flexibility index (Phi) is 5.48. The van der Waals surface area contributed by atoms with E-state index in [9.17, 15) is 0 Å². The average Bonchev–Trinajstić information content (AvgIpc) is 3.22. The van der Waals surface area contributed by atoms with Crippen LogP contribution >= 0.6 is 11.6 Å². The first kappa shape index (κ1) is 20.1. The number of hydrogen-bond donors (Lipinski definition) is 1. The maximum atomic E-state index is 6.27. The largest absolute Gasteiger partial charge is 0.494 e. The molecule has 5 nitrogen and oxygen atoms in total. The van der Waals surface area contributed by atoms with E-state index in [1.165, 1.54) is 0 Å². The normalized spacial score (nSPS) is 10.9. The van der Waals surface area contributed by atoms with Crippen LogP contribution in [0.25, 0.3) is 27.8 Å². The van der Waals surface area contributed by atoms with Crippen molar-refractivity contribution in [3.05, 3.63) is 96.4 Å². The van der Waals surface area contributed by atoms with Crippen LogP contribution in [0.4, 0.5) is 11.5 Å². The Morgan fingerprint density at radius 2 is 1.75 bits per heavy atom. The molecule has 5 rings (SSSR count). The molecule has 0 radical (unpaired) electrons. The van der Waals surface area contributed by atoms with Gasteiger partial charge in [0, 0.05) is 28.2 Å². The van der Waals surface area contributed by atoms with Crippen LogP contribution in [0.15, 0.2) is 91.4 Å². The highest BCUT2D eigenvalue weighted by atomic mass is 35.5. The third kappa shape index (κ3) is 3.90. The zero-order valence-electron chi connectivity index (χ0n) is 17.5. The molecule has 6 heteroatoms. The molecule has 3 aromatic carbocycles. The molecule has 0 aliphatic carbocycles. The number of fused-ring (bicyclic) bond motifs is 1. The first-order chi connectivity index (χ1) is 15.7. The summed E-state index contributed by atoms with van der Waals surface area (Å²) in [5.41, 5.74) is 4.78. The molecule has 0 aliphatic rings. The second kappa shape index (κ2) is 8.73. The predicted molar refractivity (Wildman–Crippen MR) is 130 cm³/mol. The van der Waals surface area contributed by atoms with Crippen molar-refractivity contribution in [2.75, 3.05) is 11.9 Å². The lowest BCUT2D eigenvalue weighted by molar-refractivity contribution is 0.340. The highest BCUT2D eigenvalue weighted by Crippen LogP contribution is 2.36. The minimum atomic E-state index is 0.636. The van der Waals surface area contributed by atoms with Gasteiger partial charge in [-0.3, -0.25) is 0 Å². The van der Waals surface area contributed by atoms with E-state index in [0.717, 1.165) is 45.1 Å². The van der Waals surface area contributed by atoms with Gasteiger partial charge in [0.2, 0.25) is 0 Å². The van der Waals surface area contributed by atoms with E-state index in [4.69, 9.17) is 16.3 Å². The maximum Gasteiger partial charge on any atom is 0.150 e. The molecule has 0 unspecified atom stereocenters. The van der Waals surface area contributed by atoms with Crippen molar-refractivity contribution in [1.29, 1.82) is 0 Å². The minimum absolute atomic E-state index is 0.636. The SMILES string of the molecule is CCOc1ccc(Nc2ncnc3c2c(-c2ccccc2)cn3-c2cccc(Cl)c2)cc1. The van der Waals surface area contributed by atoms with Crippen molar-refractivity contribution in [1.82, 2.24) is 14.5 Å². The minimum Gasteiger partial charge on any atom is -0.494 e. The molecule has 1 N–H and O–H groups in total. The fraction of sp³-hybridized carbons (Fsp3) is 0.0769. The molecule has 158 valence electrons. The van der Waals surface area contributed by atoms with E-state index in [1.807, 2.05) is 73.7 Å². The van der Waals surface area contributed by atoms with Gasteiger partial charge >= 0.3 is 0 Å². The number of ether oxygens (including phenoxy) is 1. The monoisotopic (exact) mass is 440 g/mol. The number of halogens is 1. The summed E-state index contributed by atoms with van der Waals surface area (Å²) >= 11 is 6.27. The second-order valence-corrected chi connectivity index (χ2v) is 7.70. The summed E-state index contributed by atoms with van der Waals surface area (Å²) in [6, 6.07) is 25.8. The molecule has 0 spiro atoms.